The van der Waals surface area contributed by atoms with Gasteiger partial charge in [-0.3, -0.25) is 0 Å². The zero-order chi connectivity index (χ0) is 16.2. The maximum absolute atomic E-state index is 12.4. The van der Waals surface area contributed by atoms with Crippen LogP contribution in [-0.4, -0.2) is 13.1 Å². The molecule has 0 atom stereocenters. The number of carbonyl (C=O) groups excluding carboxylic acids is 1. The first-order valence-corrected chi connectivity index (χ1v) is 8.02. The largest absolute Gasteiger partial charge is 0.465 e. The van der Waals surface area contributed by atoms with Crippen LogP contribution in [0.4, 0.5) is 0 Å². The molecule has 3 heteroatoms. The third-order valence-corrected chi connectivity index (χ3v) is 4.22. The first-order chi connectivity index (χ1) is 11.2. The molecule has 3 aromatic rings. The predicted molar refractivity (Wildman–Crippen MR) is 96.4 cm³/mol. The molecule has 0 N–H and O–H groups in total. The van der Waals surface area contributed by atoms with Crippen LogP contribution < -0.4 is 0 Å². The van der Waals surface area contributed by atoms with E-state index in [2.05, 4.69) is 15.9 Å². The summed E-state index contributed by atoms with van der Waals surface area (Å²) < 4.78 is 6.04. The van der Waals surface area contributed by atoms with E-state index in [1.807, 2.05) is 72.8 Å². The highest BCUT2D eigenvalue weighted by atomic mass is 79.9. The minimum atomic E-state index is -0.331. The van der Waals surface area contributed by atoms with Crippen LogP contribution in [0.2, 0.25) is 0 Å². The van der Waals surface area contributed by atoms with Gasteiger partial charge in [0.2, 0.25) is 0 Å². The lowest BCUT2D eigenvalue weighted by Gasteiger charge is -2.14. The second kappa shape index (κ2) is 6.80. The molecule has 3 rings (SSSR count). The standard InChI is InChI=1S/C20H15BrO2/c1-23-20(22)19-17(14-6-3-2-4-7-14)8-5-9-18(19)15-10-12-16(21)13-11-15/h2-13H,1H3. The van der Waals surface area contributed by atoms with Crippen molar-refractivity contribution in [1.82, 2.24) is 0 Å². The van der Waals surface area contributed by atoms with Crippen molar-refractivity contribution >= 4 is 21.9 Å². The molecule has 0 fully saturated rings. The first-order valence-electron chi connectivity index (χ1n) is 7.23. The summed E-state index contributed by atoms with van der Waals surface area (Å²) in [5, 5.41) is 0. The second-order valence-corrected chi connectivity index (χ2v) is 6.01. The Morgan fingerprint density at radius 1 is 0.783 bits per heavy atom. The third-order valence-electron chi connectivity index (χ3n) is 3.69. The Kier molecular flexibility index (Phi) is 4.58. The van der Waals surface area contributed by atoms with E-state index in [-0.39, 0.29) is 5.97 Å². The van der Waals surface area contributed by atoms with E-state index in [1.54, 1.807) is 0 Å². The number of halogens is 1. The van der Waals surface area contributed by atoms with Crippen LogP contribution in [0.15, 0.2) is 77.3 Å². The van der Waals surface area contributed by atoms with E-state index in [0.717, 1.165) is 26.7 Å². The molecule has 2 nitrogen and oxygen atoms in total. The van der Waals surface area contributed by atoms with Gasteiger partial charge >= 0.3 is 5.97 Å². The summed E-state index contributed by atoms with van der Waals surface area (Å²) in [7, 11) is 1.41. The van der Waals surface area contributed by atoms with Crippen LogP contribution in [0.5, 0.6) is 0 Å². The van der Waals surface area contributed by atoms with Crippen molar-refractivity contribution in [3.05, 3.63) is 82.8 Å². The van der Waals surface area contributed by atoms with E-state index in [9.17, 15) is 4.79 Å². The Labute approximate surface area is 143 Å². The second-order valence-electron chi connectivity index (χ2n) is 5.09. The number of carbonyl (C=O) groups is 1. The fourth-order valence-electron chi connectivity index (χ4n) is 2.60. The van der Waals surface area contributed by atoms with Crippen molar-refractivity contribution in [2.24, 2.45) is 0 Å². The van der Waals surface area contributed by atoms with Crippen molar-refractivity contribution in [2.75, 3.05) is 7.11 Å². The van der Waals surface area contributed by atoms with Crippen LogP contribution in [0.1, 0.15) is 10.4 Å². The van der Waals surface area contributed by atoms with Crippen molar-refractivity contribution in [3.63, 3.8) is 0 Å². The number of benzene rings is 3. The van der Waals surface area contributed by atoms with Gasteiger partial charge in [0.05, 0.1) is 12.7 Å². The number of hydrogen-bond donors (Lipinski definition) is 0. The topological polar surface area (TPSA) is 26.3 Å². The maximum atomic E-state index is 12.4. The monoisotopic (exact) mass is 366 g/mol. The molecule has 0 heterocycles. The summed E-state index contributed by atoms with van der Waals surface area (Å²) in [6.07, 6.45) is 0. The van der Waals surface area contributed by atoms with Gasteiger partial charge in [0.15, 0.2) is 0 Å². The summed E-state index contributed by atoms with van der Waals surface area (Å²) in [4.78, 5) is 12.4. The zero-order valence-electron chi connectivity index (χ0n) is 12.6. The Morgan fingerprint density at radius 3 is 1.91 bits per heavy atom. The van der Waals surface area contributed by atoms with Gasteiger partial charge in [0, 0.05) is 4.47 Å². The molecule has 3 aromatic carbocycles. The number of methoxy groups -OCH3 is 1. The van der Waals surface area contributed by atoms with Crippen LogP contribution in [0.25, 0.3) is 22.3 Å². The van der Waals surface area contributed by atoms with Crippen molar-refractivity contribution in [1.29, 1.82) is 0 Å². The lowest BCUT2D eigenvalue weighted by molar-refractivity contribution is 0.0602. The predicted octanol–water partition coefficient (Wildman–Crippen LogP) is 5.57. The summed E-state index contributed by atoms with van der Waals surface area (Å²) in [6.45, 7) is 0. The van der Waals surface area contributed by atoms with Gasteiger partial charge in [-0.25, -0.2) is 4.79 Å². The molecule has 0 saturated carbocycles. The van der Waals surface area contributed by atoms with Crippen molar-refractivity contribution in [2.45, 2.75) is 0 Å². The average Bonchev–Trinajstić information content (AvgIpc) is 2.62. The summed E-state index contributed by atoms with van der Waals surface area (Å²) in [5.74, 6) is -0.331. The van der Waals surface area contributed by atoms with Crippen LogP contribution in [0, 0.1) is 0 Å². The Bertz CT molecular complexity index is 824. The summed E-state index contributed by atoms with van der Waals surface area (Å²) in [6, 6.07) is 23.6. The molecule has 0 radical (unpaired) electrons. The van der Waals surface area contributed by atoms with Gasteiger partial charge in [-0.1, -0.05) is 76.6 Å². The molecule has 0 saturated heterocycles. The first kappa shape index (κ1) is 15.5. The smallest absolute Gasteiger partial charge is 0.339 e. The summed E-state index contributed by atoms with van der Waals surface area (Å²) in [5.41, 5.74) is 4.30. The molecule has 114 valence electrons. The molecule has 0 spiro atoms. The molecular formula is C20H15BrO2. The fraction of sp³-hybridized carbons (Fsp3) is 0.0500. The number of hydrogen-bond acceptors (Lipinski definition) is 2. The number of ether oxygens (including phenoxy) is 1. The molecule has 0 bridgehead atoms. The number of esters is 1. The lowest BCUT2D eigenvalue weighted by atomic mass is 9.92. The Morgan fingerprint density at radius 2 is 1.35 bits per heavy atom. The van der Waals surface area contributed by atoms with E-state index in [4.69, 9.17) is 4.74 Å². The van der Waals surface area contributed by atoms with E-state index >= 15 is 0 Å². The Hall–Kier alpha value is -2.39. The van der Waals surface area contributed by atoms with Gasteiger partial charge in [-0.15, -0.1) is 0 Å². The SMILES string of the molecule is COC(=O)c1c(-c2ccccc2)cccc1-c1ccc(Br)cc1. The molecule has 0 aromatic heterocycles. The quantitative estimate of drug-likeness (QED) is 0.566. The number of rotatable bonds is 3. The normalized spacial score (nSPS) is 10.3. The fourth-order valence-corrected chi connectivity index (χ4v) is 2.87. The Balaban J connectivity index is 2.24. The molecule has 0 aliphatic heterocycles. The highest BCUT2D eigenvalue weighted by Gasteiger charge is 2.18. The van der Waals surface area contributed by atoms with Crippen LogP contribution in [0.3, 0.4) is 0 Å². The molecule has 0 amide bonds. The minimum Gasteiger partial charge on any atom is -0.465 e. The maximum Gasteiger partial charge on any atom is 0.339 e. The van der Waals surface area contributed by atoms with Gasteiger partial charge in [0.25, 0.3) is 0 Å². The third kappa shape index (κ3) is 3.20. The molecule has 0 aliphatic carbocycles. The van der Waals surface area contributed by atoms with Gasteiger partial charge in [-0.05, 0) is 34.4 Å². The van der Waals surface area contributed by atoms with E-state index in [1.165, 1.54) is 7.11 Å². The van der Waals surface area contributed by atoms with Gasteiger partial charge in [0.1, 0.15) is 0 Å². The van der Waals surface area contributed by atoms with Crippen LogP contribution in [-0.2, 0) is 4.74 Å². The highest BCUT2D eigenvalue weighted by molar-refractivity contribution is 9.10. The van der Waals surface area contributed by atoms with E-state index < -0.39 is 0 Å². The zero-order valence-corrected chi connectivity index (χ0v) is 14.2. The minimum absolute atomic E-state index is 0.331. The van der Waals surface area contributed by atoms with Crippen molar-refractivity contribution in [3.8, 4) is 22.3 Å². The van der Waals surface area contributed by atoms with Crippen LogP contribution >= 0.6 is 15.9 Å². The molecule has 0 aliphatic rings. The lowest BCUT2D eigenvalue weighted by Crippen LogP contribution is -2.06. The summed E-state index contributed by atoms with van der Waals surface area (Å²) >= 11 is 3.44. The van der Waals surface area contributed by atoms with Gasteiger partial charge < -0.3 is 4.74 Å². The molecule has 23 heavy (non-hydrogen) atoms. The van der Waals surface area contributed by atoms with Crippen molar-refractivity contribution < 1.29 is 9.53 Å². The van der Waals surface area contributed by atoms with E-state index in [0.29, 0.717) is 5.56 Å². The molecular weight excluding hydrogens is 352 g/mol. The molecule has 0 unspecified atom stereocenters. The van der Waals surface area contributed by atoms with Gasteiger partial charge in [-0.2, -0.15) is 0 Å². The highest BCUT2D eigenvalue weighted by Crippen LogP contribution is 2.33. The average molecular weight is 367 g/mol.